The Morgan fingerprint density at radius 1 is 1.06 bits per heavy atom. The Morgan fingerprint density at radius 2 is 1.75 bits per heavy atom. The van der Waals surface area contributed by atoms with Gasteiger partial charge in [-0.2, -0.15) is 0 Å². The Kier molecular flexibility index (Phi) is 2.61. The van der Waals surface area contributed by atoms with Gasteiger partial charge >= 0.3 is 0 Å². The second-order valence-electron chi connectivity index (χ2n) is 5.00. The smallest absolute Gasteiger partial charge is 0.201 e. The van der Waals surface area contributed by atoms with Gasteiger partial charge in [-0.1, -0.05) is 50.3 Å². The minimum Gasteiger partial charge on any atom is -0.201 e. The van der Waals surface area contributed by atoms with Gasteiger partial charge in [0.05, 0.1) is 0 Å². The van der Waals surface area contributed by atoms with Crippen molar-refractivity contribution in [3.05, 3.63) is 47.5 Å². The summed E-state index contributed by atoms with van der Waals surface area (Å²) >= 11 is 0. The van der Waals surface area contributed by atoms with Crippen LogP contribution in [0.25, 0.3) is 0 Å². The Labute approximate surface area is 95.0 Å². The fraction of sp³-hybridized carbons (Fsp3) is 0.429. The highest BCUT2D eigenvalue weighted by Crippen LogP contribution is 2.49. The summed E-state index contributed by atoms with van der Waals surface area (Å²) in [6, 6.07) is 6.84. The van der Waals surface area contributed by atoms with E-state index in [4.69, 9.17) is 0 Å². The first-order chi connectivity index (χ1) is 7.45. The average Bonchev–Trinajstić information content (AvgIpc) is 2.23. The predicted octanol–water partition coefficient (Wildman–Crippen LogP) is 4.31. The van der Waals surface area contributed by atoms with Crippen LogP contribution in [0.4, 0.5) is 8.78 Å². The number of benzene rings is 1. The van der Waals surface area contributed by atoms with Crippen LogP contribution < -0.4 is 0 Å². The Morgan fingerprint density at radius 3 is 2.50 bits per heavy atom. The molecule has 0 aromatic heterocycles. The first-order valence-electron chi connectivity index (χ1n) is 5.56. The average molecular weight is 222 g/mol. The minimum absolute atomic E-state index is 0.185. The molecule has 0 fully saturated rings. The summed E-state index contributed by atoms with van der Waals surface area (Å²) in [4.78, 5) is 0. The fourth-order valence-corrected chi connectivity index (χ4v) is 2.09. The summed E-state index contributed by atoms with van der Waals surface area (Å²) in [7, 11) is 0. The molecule has 1 aliphatic rings. The van der Waals surface area contributed by atoms with E-state index in [2.05, 4.69) is 0 Å². The Hall–Kier alpha value is -1.18. The van der Waals surface area contributed by atoms with Crippen molar-refractivity contribution in [3.8, 4) is 0 Å². The van der Waals surface area contributed by atoms with Gasteiger partial charge in [0.1, 0.15) is 0 Å². The maximum atomic E-state index is 14.4. The highest BCUT2D eigenvalue weighted by molar-refractivity contribution is 5.35. The van der Waals surface area contributed by atoms with Gasteiger partial charge in [-0.15, -0.1) is 0 Å². The maximum Gasteiger partial charge on any atom is 0.278 e. The standard InChI is InChI=1S/C14H16F2/c1-13(2)10-6-5-8-11-7-3-4-9-12(11)14(13,15)16/h3-7,9H,8,10H2,1-2H3/b6-5-. The van der Waals surface area contributed by atoms with Gasteiger partial charge in [0, 0.05) is 11.0 Å². The lowest BCUT2D eigenvalue weighted by atomic mass is 9.76. The molecule has 0 radical (unpaired) electrons. The van der Waals surface area contributed by atoms with Gasteiger partial charge < -0.3 is 0 Å². The largest absolute Gasteiger partial charge is 0.278 e. The van der Waals surface area contributed by atoms with Crippen LogP contribution in [0.3, 0.4) is 0 Å². The molecule has 0 bridgehead atoms. The van der Waals surface area contributed by atoms with Crippen LogP contribution in [0.5, 0.6) is 0 Å². The number of halogens is 2. The predicted molar refractivity (Wildman–Crippen MR) is 61.6 cm³/mol. The van der Waals surface area contributed by atoms with Crippen molar-refractivity contribution in [1.82, 2.24) is 0 Å². The highest BCUT2D eigenvalue weighted by atomic mass is 19.3. The summed E-state index contributed by atoms with van der Waals surface area (Å²) in [6.45, 7) is 3.25. The van der Waals surface area contributed by atoms with E-state index in [0.717, 1.165) is 5.56 Å². The van der Waals surface area contributed by atoms with Crippen LogP contribution in [0.15, 0.2) is 36.4 Å². The number of hydrogen-bond acceptors (Lipinski definition) is 0. The fourth-order valence-electron chi connectivity index (χ4n) is 2.09. The molecule has 0 unspecified atom stereocenters. The monoisotopic (exact) mass is 222 g/mol. The molecular weight excluding hydrogens is 206 g/mol. The molecule has 0 spiro atoms. The summed E-state index contributed by atoms with van der Waals surface area (Å²) < 4.78 is 28.8. The molecule has 2 heteroatoms. The summed E-state index contributed by atoms with van der Waals surface area (Å²) in [5.41, 5.74) is -0.110. The molecule has 1 aromatic rings. The Balaban J connectivity index is 2.60. The van der Waals surface area contributed by atoms with E-state index in [-0.39, 0.29) is 5.56 Å². The van der Waals surface area contributed by atoms with Crippen molar-refractivity contribution in [2.24, 2.45) is 5.41 Å². The zero-order valence-electron chi connectivity index (χ0n) is 9.63. The molecule has 0 saturated heterocycles. The molecule has 1 aromatic carbocycles. The molecule has 0 N–H and O–H groups in total. The van der Waals surface area contributed by atoms with Crippen molar-refractivity contribution in [2.45, 2.75) is 32.6 Å². The molecule has 0 aliphatic heterocycles. The molecule has 0 saturated carbocycles. The molecule has 16 heavy (non-hydrogen) atoms. The van der Waals surface area contributed by atoms with Gasteiger partial charge in [-0.05, 0) is 18.4 Å². The first kappa shape index (κ1) is 11.3. The second kappa shape index (κ2) is 3.69. The zero-order valence-corrected chi connectivity index (χ0v) is 9.63. The van der Waals surface area contributed by atoms with Gasteiger partial charge in [0.2, 0.25) is 0 Å². The van der Waals surface area contributed by atoms with E-state index in [1.54, 1.807) is 32.0 Å². The summed E-state index contributed by atoms with van der Waals surface area (Å²) in [5.74, 6) is -2.77. The summed E-state index contributed by atoms with van der Waals surface area (Å²) in [5, 5.41) is 0. The van der Waals surface area contributed by atoms with Gasteiger partial charge in [0.25, 0.3) is 5.92 Å². The molecular formula is C14H16F2. The van der Waals surface area contributed by atoms with E-state index in [1.807, 2.05) is 18.2 Å². The number of alkyl halides is 2. The van der Waals surface area contributed by atoms with Gasteiger partial charge in [0.15, 0.2) is 0 Å². The van der Waals surface area contributed by atoms with Gasteiger partial charge in [-0.25, -0.2) is 8.78 Å². The lowest BCUT2D eigenvalue weighted by Crippen LogP contribution is -2.35. The van der Waals surface area contributed by atoms with E-state index < -0.39 is 11.3 Å². The first-order valence-corrected chi connectivity index (χ1v) is 5.56. The number of allylic oxidation sites excluding steroid dienone is 2. The van der Waals surface area contributed by atoms with Crippen LogP contribution in [-0.4, -0.2) is 0 Å². The molecule has 0 amide bonds. The topological polar surface area (TPSA) is 0 Å². The van der Waals surface area contributed by atoms with Crippen LogP contribution in [0.1, 0.15) is 31.4 Å². The van der Waals surface area contributed by atoms with Crippen LogP contribution in [0.2, 0.25) is 0 Å². The zero-order chi connectivity index (χ0) is 11.8. The van der Waals surface area contributed by atoms with Crippen LogP contribution in [-0.2, 0) is 12.3 Å². The lowest BCUT2D eigenvalue weighted by molar-refractivity contribution is -0.113. The minimum atomic E-state index is -2.77. The molecule has 86 valence electrons. The van der Waals surface area contributed by atoms with E-state index >= 15 is 0 Å². The SMILES string of the molecule is CC1(C)C/C=C\Cc2ccccc2C1(F)F. The molecule has 1 aliphatic carbocycles. The van der Waals surface area contributed by atoms with Crippen molar-refractivity contribution in [1.29, 1.82) is 0 Å². The molecule has 0 atom stereocenters. The lowest BCUT2D eigenvalue weighted by Gasteiger charge is -2.35. The third-order valence-corrected chi connectivity index (χ3v) is 3.34. The van der Waals surface area contributed by atoms with Gasteiger partial charge in [-0.3, -0.25) is 0 Å². The van der Waals surface area contributed by atoms with Crippen LogP contribution >= 0.6 is 0 Å². The molecule has 0 nitrogen and oxygen atoms in total. The quantitative estimate of drug-likeness (QED) is 0.574. The van der Waals surface area contributed by atoms with Crippen LogP contribution in [0, 0.1) is 5.41 Å². The number of hydrogen-bond donors (Lipinski definition) is 0. The summed E-state index contributed by atoms with van der Waals surface area (Å²) in [6.07, 6.45) is 4.86. The maximum absolute atomic E-state index is 14.4. The molecule has 2 rings (SSSR count). The third-order valence-electron chi connectivity index (χ3n) is 3.34. The van der Waals surface area contributed by atoms with E-state index in [1.165, 1.54) is 0 Å². The van der Waals surface area contributed by atoms with Crippen molar-refractivity contribution in [3.63, 3.8) is 0 Å². The van der Waals surface area contributed by atoms with Crippen molar-refractivity contribution >= 4 is 0 Å². The Bertz CT molecular complexity index is 416. The second-order valence-corrected chi connectivity index (χ2v) is 5.00. The number of rotatable bonds is 0. The van der Waals surface area contributed by atoms with Crippen molar-refractivity contribution in [2.75, 3.05) is 0 Å². The molecule has 0 heterocycles. The number of fused-ring (bicyclic) bond motifs is 1. The normalized spacial score (nSPS) is 24.0. The third kappa shape index (κ3) is 1.66. The van der Waals surface area contributed by atoms with Crippen molar-refractivity contribution < 1.29 is 8.78 Å². The van der Waals surface area contributed by atoms with E-state index in [9.17, 15) is 8.78 Å². The highest BCUT2D eigenvalue weighted by Gasteiger charge is 2.48. The van der Waals surface area contributed by atoms with E-state index in [0.29, 0.717) is 12.8 Å².